The third-order valence-corrected chi connectivity index (χ3v) is 2.55. The molecule has 1 rings (SSSR count). The van der Waals surface area contributed by atoms with Gasteiger partial charge in [0.1, 0.15) is 5.76 Å². The molecule has 1 heterocycles. The minimum absolute atomic E-state index is 0.246. The fraction of sp³-hybridized carbons (Fsp3) is 0.750. The van der Waals surface area contributed by atoms with Gasteiger partial charge < -0.3 is 14.4 Å². The zero-order chi connectivity index (χ0) is 12.1. The lowest BCUT2D eigenvalue weighted by atomic mass is 10.1. The molecule has 0 spiro atoms. The number of rotatable bonds is 6. The Morgan fingerprint density at radius 2 is 2.12 bits per heavy atom. The zero-order valence-electron chi connectivity index (χ0n) is 10.6. The van der Waals surface area contributed by atoms with E-state index in [-0.39, 0.29) is 6.10 Å². The Labute approximate surface area is 97.3 Å². The number of oxazole rings is 1. The van der Waals surface area contributed by atoms with Crippen LogP contribution in [0.5, 0.6) is 0 Å². The summed E-state index contributed by atoms with van der Waals surface area (Å²) in [7, 11) is 2.03. The molecule has 0 bridgehead atoms. The van der Waals surface area contributed by atoms with E-state index in [1.807, 2.05) is 14.0 Å². The maximum atomic E-state index is 9.21. The monoisotopic (exact) mass is 226 g/mol. The zero-order valence-corrected chi connectivity index (χ0v) is 10.6. The van der Waals surface area contributed by atoms with E-state index >= 15 is 0 Å². The molecule has 1 aromatic heterocycles. The Morgan fingerprint density at radius 1 is 1.44 bits per heavy atom. The number of nitrogens with zero attached hydrogens (tertiary/aromatic N) is 2. The molecular formula is C12H22N2O2. The van der Waals surface area contributed by atoms with Crippen molar-refractivity contribution in [3.05, 3.63) is 17.8 Å². The van der Waals surface area contributed by atoms with Crippen LogP contribution in [-0.4, -0.2) is 34.7 Å². The summed E-state index contributed by atoms with van der Waals surface area (Å²) in [6, 6.07) is 0. The number of aliphatic hydroxyl groups excluding tert-OH is 1. The Morgan fingerprint density at radius 3 is 2.69 bits per heavy atom. The summed E-state index contributed by atoms with van der Waals surface area (Å²) in [5.74, 6) is 1.33. The van der Waals surface area contributed by atoms with Gasteiger partial charge in [-0.15, -0.1) is 0 Å². The molecule has 92 valence electrons. The SMILES string of the molecule is CC(O)CCN(C)Cc1ncoc1C(C)C. The maximum absolute atomic E-state index is 9.21. The molecule has 0 aliphatic rings. The number of aromatic nitrogens is 1. The van der Waals surface area contributed by atoms with Gasteiger partial charge in [-0.1, -0.05) is 13.8 Å². The van der Waals surface area contributed by atoms with Gasteiger partial charge in [-0.3, -0.25) is 0 Å². The molecule has 1 unspecified atom stereocenters. The van der Waals surface area contributed by atoms with Crippen molar-refractivity contribution in [3.63, 3.8) is 0 Å². The third kappa shape index (κ3) is 3.94. The van der Waals surface area contributed by atoms with Gasteiger partial charge in [0.05, 0.1) is 11.8 Å². The molecule has 4 heteroatoms. The van der Waals surface area contributed by atoms with E-state index in [4.69, 9.17) is 4.42 Å². The molecule has 0 amide bonds. The van der Waals surface area contributed by atoms with Crippen molar-refractivity contribution in [2.24, 2.45) is 0 Å². The summed E-state index contributed by atoms with van der Waals surface area (Å²) in [6.45, 7) is 7.64. The summed E-state index contributed by atoms with van der Waals surface area (Å²) in [6.07, 6.45) is 2.04. The average molecular weight is 226 g/mol. The van der Waals surface area contributed by atoms with Crippen LogP contribution in [0.15, 0.2) is 10.8 Å². The number of hydrogen-bond donors (Lipinski definition) is 1. The first-order valence-corrected chi connectivity index (χ1v) is 5.79. The van der Waals surface area contributed by atoms with Crippen LogP contribution in [0.3, 0.4) is 0 Å². The summed E-state index contributed by atoms with van der Waals surface area (Å²) < 4.78 is 5.37. The number of hydrogen-bond acceptors (Lipinski definition) is 4. The summed E-state index contributed by atoms with van der Waals surface area (Å²) in [5, 5.41) is 9.21. The average Bonchev–Trinajstić information content (AvgIpc) is 2.62. The maximum Gasteiger partial charge on any atom is 0.181 e. The van der Waals surface area contributed by atoms with Gasteiger partial charge in [0.2, 0.25) is 0 Å². The molecule has 0 aliphatic heterocycles. The summed E-state index contributed by atoms with van der Waals surface area (Å²) in [4.78, 5) is 6.38. The van der Waals surface area contributed by atoms with Crippen LogP contribution in [0, 0.1) is 0 Å². The quantitative estimate of drug-likeness (QED) is 0.806. The largest absolute Gasteiger partial charge is 0.448 e. The van der Waals surface area contributed by atoms with E-state index in [2.05, 4.69) is 23.7 Å². The highest BCUT2D eigenvalue weighted by atomic mass is 16.3. The minimum atomic E-state index is -0.246. The molecule has 1 aromatic rings. The molecule has 0 fully saturated rings. The molecule has 1 atom stereocenters. The molecule has 0 aliphatic carbocycles. The Bertz CT molecular complexity index is 308. The Kier molecular flexibility index (Phi) is 4.96. The van der Waals surface area contributed by atoms with Gasteiger partial charge in [-0.05, 0) is 20.4 Å². The normalized spacial score (nSPS) is 13.7. The standard InChI is InChI=1S/C12H22N2O2/c1-9(2)12-11(13-8-16-12)7-14(4)6-5-10(3)15/h8-10,15H,5-7H2,1-4H3. The van der Waals surface area contributed by atoms with E-state index in [9.17, 15) is 5.11 Å². The molecule has 1 N–H and O–H groups in total. The molecular weight excluding hydrogens is 204 g/mol. The van der Waals surface area contributed by atoms with Gasteiger partial charge in [-0.25, -0.2) is 4.98 Å². The van der Waals surface area contributed by atoms with Crippen LogP contribution in [0.4, 0.5) is 0 Å². The fourth-order valence-corrected chi connectivity index (χ4v) is 1.61. The van der Waals surface area contributed by atoms with Crippen molar-refractivity contribution in [1.82, 2.24) is 9.88 Å². The predicted octanol–water partition coefficient (Wildman–Crippen LogP) is 2.00. The van der Waals surface area contributed by atoms with Crippen molar-refractivity contribution in [2.45, 2.75) is 45.8 Å². The molecule has 16 heavy (non-hydrogen) atoms. The van der Waals surface area contributed by atoms with Crippen LogP contribution < -0.4 is 0 Å². The van der Waals surface area contributed by atoms with Gasteiger partial charge in [0, 0.05) is 19.0 Å². The lowest BCUT2D eigenvalue weighted by molar-refractivity contribution is 0.162. The highest BCUT2D eigenvalue weighted by Crippen LogP contribution is 2.19. The molecule has 0 saturated carbocycles. The third-order valence-electron chi connectivity index (χ3n) is 2.55. The van der Waals surface area contributed by atoms with Crippen molar-refractivity contribution in [2.75, 3.05) is 13.6 Å². The van der Waals surface area contributed by atoms with Crippen molar-refractivity contribution in [3.8, 4) is 0 Å². The van der Waals surface area contributed by atoms with Crippen LogP contribution in [0.2, 0.25) is 0 Å². The second-order valence-corrected chi connectivity index (χ2v) is 4.69. The second kappa shape index (κ2) is 6.01. The smallest absolute Gasteiger partial charge is 0.181 e. The lowest BCUT2D eigenvalue weighted by Gasteiger charge is -2.17. The van der Waals surface area contributed by atoms with Crippen LogP contribution in [0.25, 0.3) is 0 Å². The first-order chi connectivity index (χ1) is 7.50. The van der Waals surface area contributed by atoms with Gasteiger partial charge in [0.15, 0.2) is 6.39 Å². The van der Waals surface area contributed by atoms with E-state index < -0.39 is 0 Å². The van der Waals surface area contributed by atoms with E-state index in [0.717, 1.165) is 31.0 Å². The molecule has 0 saturated heterocycles. The Hall–Kier alpha value is -0.870. The van der Waals surface area contributed by atoms with Crippen LogP contribution in [0.1, 0.15) is 44.6 Å². The molecule has 0 radical (unpaired) electrons. The van der Waals surface area contributed by atoms with Crippen LogP contribution >= 0.6 is 0 Å². The van der Waals surface area contributed by atoms with E-state index in [1.54, 1.807) is 0 Å². The van der Waals surface area contributed by atoms with E-state index in [0.29, 0.717) is 5.92 Å². The van der Waals surface area contributed by atoms with Gasteiger partial charge in [-0.2, -0.15) is 0 Å². The van der Waals surface area contributed by atoms with Crippen LogP contribution in [-0.2, 0) is 6.54 Å². The van der Waals surface area contributed by atoms with Gasteiger partial charge in [0.25, 0.3) is 0 Å². The highest BCUT2D eigenvalue weighted by molar-refractivity contribution is 5.10. The van der Waals surface area contributed by atoms with Crippen molar-refractivity contribution in [1.29, 1.82) is 0 Å². The second-order valence-electron chi connectivity index (χ2n) is 4.69. The lowest BCUT2D eigenvalue weighted by Crippen LogP contribution is -2.22. The minimum Gasteiger partial charge on any atom is -0.448 e. The Balaban J connectivity index is 2.49. The van der Waals surface area contributed by atoms with E-state index in [1.165, 1.54) is 6.39 Å². The molecule has 4 nitrogen and oxygen atoms in total. The predicted molar refractivity (Wildman–Crippen MR) is 63.2 cm³/mol. The molecule has 0 aromatic carbocycles. The van der Waals surface area contributed by atoms with Crippen molar-refractivity contribution < 1.29 is 9.52 Å². The highest BCUT2D eigenvalue weighted by Gasteiger charge is 2.13. The number of aliphatic hydroxyl groups is 1. The first kappa shape index (κ1) is 13.2. The summed E-state index contributed by atoms with van der Waals surface area (Å²) in [5.41, 5.74) is 1.00. The first-order valence-electron chi connectivity index (χ1n) is 5.79. The topological polar surface area (TPSA) is 49.5 Å². The fourth-order valence-electron chi connectivity index (χ4n) is 1.61. The summed E-state index contributed by atoms with van der Waals surface area (Å²) >= 11 is 0. The van der Waals surface area contributed by atoms with Crippen molar-refractivity contribution >= 4 is 0 Å². The van der Waals surface area contributed by atoms with Gasteiger partial charge >= 0.3 is 0 Å².